The number of nitrogens with zero attached hydrogens (tertiary/aromatic N) is 3. The van der Waals surface area contributed by atoms with Crippen LogP contribution in [0.5, 0.6) is 5.75 Å². The smallest absolute Gasteiger partial charge is 0.245 e. The quantitative estimate of drug-likeness (QED) is 0.0148. The second-order valence-electron chi connectivity index (χ2n) is 28.4. The van der Waals surface area contributed by atoms with Crippen molar-refractivity contribution in [1.29, 1.82) is 0 Å². The highest BCUT2D eigenvalue weighted by molar-refractivity contribution is 6.00. The maximum Gasteiger partial charge on any atom is 0.245 e. The van der Waals surface area contributed by atoms with Crippen LogP contribution in [-0.2, 0) is 78.4 Å². The average Bonchev–Trinajstić information content (AvgIpc) is 1.79. The Morgan fingerprint density at radius 2 is 0.929 bits per heavy atom. The van der Waals surface area contributed by atoms with E-state index >= 15 is 19.2 Å². The number of rotatable bonds is 43. The molecule has 0 aromatic heterocycles. The average molecular weight is 1550 g/mol. The summed E-state index contributed by atoms with van der Waals surface area (Å²) in [5, 5.41) is 55.8. The van der Waals surface area contributed by atoms with Gasteiger partial charge in [0.2, 0.25) is 65.0 Å². The second-order valence-corrected chi connectivity index (χ2v) is 28.4. The molecule has 0 radical (unpaired) electrons. The minimum atomic E-state index is -1.85. The molecule has 1 fully saturated rings. The van der Waals surface area contributed by atoms with E-state index in [1.807, 2.05) is 86.6 Å². The highest BCUT2D eigenvalue weighted by Gasteiger charge is 2.40. The van der Waals surface area contributed by atoms with Gasteiger partial charge in [0, 0.05) is 65.3 Å². The standard InChI is InChI=1S/C81H108FN17O13/c1-6-35-87-81(88-36-7-2)89-37-13-12-20-61(71(104)94-63(40-49(3)4)72(105)93-62(21-14-38-86-80(84)85)79(112)99-39-15-22-69(99)78(111)90-47-70(83)103)92-74(107)65(44-52-27-33-60(102)34-28-52)97-77(110)68(48-100)98-76(109)67(46-54-24-30-56-17-9-11-19-58(56)42-54)96-75(108)66(43-51-25-31-59(82)32-26-51)95-73(106)64(91-50(5)101)45-53-23-29-55-16-8-10-18-57(55)41-53/h8-11,16-19,23-34,41-42,49,61-69,100,102H,6-7,12-15,20-22,35-40,43-48H2,1-5H3,(H2,83,103)(H,90,111)(H,91,101)(H,92,107)(H,93,105)(H,94,104)(H,95,106)(H,96,108)(H,97,110)(H,98,109)(H4,84,85,86)(H2,87,88,89)/t61-,62+,63+,64-,65+,66-,67-,68+,69+/m1/s1. The SMILES string of the molecule is CCCNC(=NCCCC[C@@H](NC(=O)[C@H](Cc1ccc(O)cc1)NC(=O)[C@H](CO)NC(=O)[C@@H](Cc1ccc2ccccc2c1)NC(=O)[C@@H](Cc1ccc(F)cc1)NC(=O)[C@@H](Cc1ccc2ccccc2c1)NC(C)=O)C(=O)N[C@@H](CC(C)C)C(=O)N[C@@H](CCCN=C(N)N)C(=O)N1CCC[C@H]1C(=O)NCC(N)=O)NCCC. The number of unbranched alkanes of at least 4 members (excludes halogenated alkanes) is 1. The van der Waals surface area contributed by atoms with Gasteiger partial charge in [0.05, 0.1) is 13.2 Å². The molecule has 7 rings (SSSR count). The van der Waals surface area contributed by atoms with Gasteiger partial charge in [0.15, 0.2) is 11.9 Å². The van der Waals surface area contributed by atoms with Crippen LogP contribution in [0.2, 0.25) is 0 Å². The van der Waals surface area contributed by atoms with E-state index in [1.54, 1.807) is 26.0 Å². The Labute approximate surface area is 651 Å². The van der Waals surface area contributed by atoms with Crippen LogP contribution in [0.1, 0.15) is 121 Å². The molecular weight excluding hydrogens is 1440 g/mol. The van der Waals surface area contributed by atoms with Crippen molar-refractivity contribution in [3.8, 4) is 5.75 Å². The number of carbonyl (C=O) groups is 11. The number of phenols is 1. The number of nitrogens with one attached hydrogen (secondary N) is 11. The molecule has 0 aliphatic carbocycles. The highest BCUT2D eigenvalue weighted by Crippen LogP contribution is 2.23. The van der Waals surface area contributed by atoms with Crippen LogP contribution in [0.4, 0.5) is 4.39 Å². The van der Waals surface area contributed by atoms with E-state index in [4.69, 9.17) is 22.2 Å². The zero-order valence-electron chi connectivity index (χ0n) is 64.2. The molecule has 1 aliphatic rings. The second kappa shape index (κ2) is 44.8. The third-order valence-electron chi connectivity index (χ3n) is 18.7. The topological polar surface area (TPSA) is 467 Å². The van der Waals surface area contributed by atoms with E-state index in [0.29, 0.717) is 54.1 Å². The lowest BCUT2D eigenvalue weighted by Gasteiger charge is -2.30. The molecule has 0 spiro atoms. The van der Waals surface area contributed by atoms with Gasteiger partial charge in [0.25, 0.3) is 0 Å². The normalized spacial score (nSPS) is 14.6. The van der Waals surface area contributed by atoms with E-state index < -0.39 is 138 Å². The third-order valence-corrected chi connectivity index (χ3v) is 18.7. The van der Waals surface area contributed by atoms with Gasteiger partial charge in [0.1, 0.15) is 65.9 Å². The van der Waals surface area contributed by atoms with Gasteiger partial charge in [-0.05, 0) is 138 Å². The van der Waals surface area contributed by atoms with Crippen molar-refractivity contribution in [2.75, 3.05) is 45.9 Å². The number of halogens is 1. The fourth-order valence-electron chi connectivity index (χ4n) is 12.9. The van der Waals surface area contributed by atoms with Crippen LogP contribution in [0.3, 0.4) is 0 Å². The molecule has 6 aromatic rings. The molecule has 6 aromatic carbocycles. The number of phenolic OH excluding ortho intramolecular Hbond substituents is 1. The van der Waals surface area contributed by atoms with Crippen molar-refractivity contribution in [3.05, 3.63) is 162 Å². The molecular formula is C81H108FN17O13. The zero-order chi connectivity index (χ0) is 81.2. The largest absolute Gasteiger partial charge is 0.508 e. The fourth-order valence-corrected chi connectivity index (χ4v) is 12.9. The Hall–Kier alpha value is -11.8. The lowest BCUT2D eigenvalue weighted by Crippen LogP contribution is -2.61. The van der Waals surface area contributed by atoms with E-state index in [2.05, 4.69) is 63.5 Å². The van der Waals surface area contributed by atoms with E-state index in [9.17, 15) is 48.2 Å². The van der Waals surface area contributed by atoms with Crippen molar-refractivity contribution in [2.45, 2.75) is 179 Å². The minimum Gasteiger partial charge on any atom is -0.508 e. The summed E-state index contributed by atoms with van der Waals surface area (Å²) in [6, 6.07) is 24.0. The summed E-state index contributed by atoms with van der Waals surface area (Å²) in [6.45, 7) is 9.13. The van der Waals surface area contributed by atoms with E-state index in [1.165, 1.54) is 60.4 Å². The zero-order valence-corrected chi connectivity index (χ0v) is 64.2. The maximum atomic E-state index is 15.2. The van der Waals surface area contributed by atoms with Crippen molar-refractivity contribution in [1.82, 2.24) is 63.4 Å². The number of nitrogens with two attached hydrogens (primary N) is 3. The number of likely N-dealkylation sites (tertiary alicyclic amines) is 1. The molecule has 112 heavy (non-hydrogen) atoms. The Balaban J connectivity index is 1.18. The monoisotopic (exact) mass is 1550 g/mol. The van der Waals surface area contributed by atoms with Crippen LogP contribution in [0.15, 0.2) is 143 Å². The number of benzene rings is 6. The summed E-state index contributed by atoms with van der Waals surface area (Å²) in [6.07, 6.45) is 2.35. The summed E-state index contributed by atoms with van der Waals surface area (Å²) in [5.74, 6) is -9.50. The highest BCUT2D eigenvalue weighted by atomic mass is 19.1. The van der Waals surface area contributed by atoms with Gasteiger partial charge >= 0.3 is 0 Å². The van der Waals surface area contributed by atoms with Crippen LogP contribution in [0.25, 0.3) is 21.5 Å². The summed E-state index contributed by atoms with van der Waals surface area (Å²) in [7, 11) is 0. The van der Waals surface area contributed by atoms with Gasteiger partial charge in [-0.2, -0.15) is 0 Å². The Bertz CT molecular complexity index is 4250. The van der Waals surface area contributed by atoms with Gasteiger partial charge in [-0.15, -0.1) is 0 Å². The molecule has 0 bridgehead atoms. The van der Waals surface area contributed by atoms with Gasteiger partial charge in [-0.25, -0.2) is 4.39 Å². The summed E-state index contributed by atoms with van der Waals surface area (Å²) < 4.78 is 14.4. The van der Waals surface area contributed by atoms with Crippen molar-refractivity contribution in [2.24, 2.45) is 33.1 Å². The Kier molecular flexibility index (Phi) is 35.0. The molecule has 9 atom stereocenters. The fraction of sp³-hybridized carbons (Fsp3) is 0.444. The third kappa shape index (κ3) is 28.6. The van der Waals surface area contributed by atoms with Crippen LogP contribution in [-0.4, -0.2) is 192 Å². The van der Waals surface area contributed by atoms with Gasteiger partial charge in [-0.1, -0.05) is 137 Å². The molecule has 602 valence electrons. The number of aliphatic hydroxyl groups excluding tert-OH is 1. The molecule has 19 N–H and O–H groups in total. The first-order valence-corrected chi connectivity index (χ1v) is 38.1. The minimum absolute atomic E-state index is 0.00385. The van der Waals surface area contributed by atoms with Crippen LogP contribution in [0, 0.1) is 11.7 Å². The number of amides is 11. The molecule has 0 saturated carbocycles. The molecule has 30 nitrogen and oxygen atoms in total. The molecule has 1 aliphatic heterocycles. The van der Waals surface area contributed by atoms with E-state index in [0.717, 1.165) is 34.4 Å². The Morgan fingerprint density at radius 3 is 1.43 bits per heavy atom. The first-order valence-electron chi connectivity index (χ1n) is 38.1. The lowest BCUT2D eigenvalue weighted by molar-refractivity contribution is -0.142. The number of fused-ring (bicyclic) bond motifs is 2. The van der Waals surface area contributed by atoms with Crippen LogP contribution >= 0.6 is 0 Å². The number of guanidine groups is 2. The molecule has 11 amide bonds. The van der Waals surface area contributed by atoms with Crippen molar-refractivity contribution in [3.63, 3.8) is 0 Å². The first-order chi connectivity index (χ1) is 53.7. The molecule has 1 heterocycles. The number of primary amides is 1. The lowest BCUT2D eigenvalue weighted by atomic mass is 9.99. The number of aromatic hydroxyl groups is 1. The molecule has 31 heteroatoms. The summed E-state index contributed by atoms with van der Waals surface area (Å²) in [5.41, 5.74) is 18.5. The van der Waals surface area contributed by atoms with Crippen LogP contribution < -0.4 is 75.7 Å². The Morgan fingerprint density at radius 1 is 0.500 bits per heavy atom. The number of aliphatic imine (C=N–C) groups is 2. The number of carbonyl (C=O) groups excluding carboxylic acids is 11. The van der Waals surface area contributed by atoms with Gasteiger partial charge < -0.3 is 90.8 Å². The van der Waals surface area contributed by atoms with E-state index in [-0.39, 0.29) is 101 Å². The number of aliphatic hydroxyl groups is 1. The predicted molar refractivity (Wildman–Crippen MR) is 424 cm³/mol. The predicted octanol–water partition coefficient (Wildman–Crippen LogP) is 2.22. The number of hydrogen-bond donors (Lipinski definition) is 16. The summed E-state index contributed by atoms with van der Waals surface area (Å²) in [4.78, 5) is 167. The van der Waals surface area contributed by atoms with Gasteiger partial charge in [-0.3, -0.25) is 62.7 Å². The molecule has 0 unspecified atom stereocenters. The first kappa shape index (κ1) is 87.5. The van der Waals surface area contributed by atoms with Crippen molar-refractivity contribution < 1.29 is 67.3 Å². The number of hydrogen-bond acceptors (Lipinski definition) is 15. The molecule has 1 saturated heterocycles. The van der Waals surface area contributed by atoms with Crippen molar-refractivity contribution >= 4 is 98.4 Å². The maximum absolute atomic E-state index is 15.2. The summed E-state index contributed by atoms with van der Waals surface area (Å²) >= 11 is 0.